The number of hydrogen-bond donors (Lipinski definition) is 2. The molecule has 1 fully saturated rings. The highest BCUT2D eigenvalue weighted by Crippen LogP contribution is 2.22. The Labute approximate surface area is 139 Å². The van der Waals surface area contributed by atoms with Crippen LogP contribution in [0.5, 0.6) is 5.75 Å². The summed E-state index contributed by atoms with van der Waals surface area (Å²) in [6, 6.07) is 3.17. The number of nitro benzene ring substituents is 1. The molecule has 1 heterocycles. The predicted octanol–water partition coefficient (Wildman–Crippen LogP) is 1.65. The largest absolute Gasteiger partial charge is 0.484 e. The Bertz CT molecular complexity index is 553. The van der Waals surface area contributed by atoms with Gasteiger partial charge in [-0.2, -0.15) is 4.39 Å². The molecule has 1 aliphatic rings. The molecule has 0 aromatic heterocycles. The van der Waals surface area contributed by atoms with Crippen molar-refractivity contribution < 1.29 is 18.8 Å². The van der Waals surface area contributed by atoms with Crippen LogP contribution in [0.3, 0.4) is 0 Å². The van der Waals surface area contributed by atoms with Crippen molar-refractivity contribution in [1.29, 1.82) is 0 Å². The highest BCUT2D eigenvalue weighted by Gasteiger charge is 2.16. The highest BCUT2D eigenvalue weighted by atomic mass is 35.5. The van der Waals surface area contributed by atoms with Crippen LogP contribution in [0.1, 0.15) is 12.8 Å². The molecule has 0 bridgehead atoms. The lowest BCUT2D eigenvalue weighted by molar-refractivity contribution is -0.387. The SMILES string of the molecule is Cl.O=C(COc1ccc([N+](=O)[O-])c(F)c1)NCC1CCCNC1. The van der Waals surface area contributed by atoms with Crippen molar-refractivity contribution in [3.05, 3.63) is 34.1 Å². The average molecular weight is 348 g/mol. The number of rotatable bonds is 6. The monoisotopic (exact) mass is 347 g/mol. The summed E-state index contributed by atoms with van der Waals surface area (Å²) >= 11 is 0. The van der Waals surface area contributed by atoms with Gasteiger partial charge >= 0.3 is 5.69 Å². The third-order valence-corrected chi connectivity index (χ3v) is 3.47. The molecule has 0 spiro atoms. The summed E-state index contributed by atoms with van der Waals surface area (Å²) in [6.07, 6.45) is 2.17. The molecular formula is C14H19ClFN3O4. The number of carbonyl (C=O) groups is 1. The molecule has 2 N–H and O–H groups in total. The van der Waals surface area contributed by atoms with Crippen LogP contribution < -0.4 is 15.4 Å². The topological polar surface area (TPSA) is 93.5 Å². The van der Waals surface area contributed by atoms with Crippen LogP contribution in [0.15, 0.2) is 18.2 Å². The molecule has 1 atom stereocenters. The second-order valence-corrected chi connectivity index (χ2v) is 5.18. The summed E-state index contributed by atoms with van der Waals surface area (Å²) in [6.45, 7) is 2.22. The summed E-state index contributed by atoms with van der Waals surface area (Å²) in [5, 5.41) is 16.5. The van der Waals surface area contributed by atoms with Crippen LogP contribution in [0, 0.1) is 21.8 Å². The second-order valence-electron chi connectivity index (χ2n) is 5.18. The van der Waals surface area contributed by atoms with Crippen LogP contribution in [-0.2, 0) is 4.79 Å². The minimum Gasteiger partial charge on any atom is -0.484 e. The van der Waals surface area contributed by atoms with Crippen molar-refractivity contribution in [2.75, 3.05) is 26.2 Å². The number of benzene rings is 1. The van der Waals surface area contributed by atoms with Gasteiger partial charge in [-0.15, -0.1) is 12.4 Å². The van der Waals surface area contributed by atoms with E-state index in [0.29, 0.717) is 12.5 Å². The summed E-state index contributed by atoms with van der Waals surface area (Å²) in [4.78, 5) is 21.3. The Balaban J connectivity index is 0.00000264. The Morgan fingerprint density at radius 1 is 1.52 bits per heavy atom. The van der Waals surface area contributed by atoms with E-state index in [4.69, 9.17) is 4.74 Å². The number of piperidine rings is 1. The lowest BCUT2D eigenvalue weighted by atomic mass is 10.00. The first-order chi connectivity index (χ1) is 10.6. The molecule has 2 rings (SSSR count). The molecule has 0 radical (unpaired) electrons. The van der Waals surface area contributed by atoms with Gasteiger partial charge in [0.1, 0.15) is 5.75 Å². The molecule has 0 aliphatic carbocycles. The molecule has 1 aliphatic heterocycles. The Kier molecular flexibility index (Phi) is 7.70. The fraction of sp³-hybridized carbons (Fsp3) is 0.500. The van der Waals surface area contributed by atoms with Crippen LogP contribution >= 0.6 is 12.4 Å². The maximum atomic E-state index is 13.4. The molecule has 1 aromatic carbocycles. The van der Waals surface area contributed by atoms with Crippen LogP contribution in [0.25, 0.3) is 0 Å². The fourth-order valence-corrected chi connectivity index (χ4v) is 2.28. The molecule has 128 valence electrons. The summed E-state index contributed by atoms with van der Waals surface area (Å²) < 4.78 is 18.5. The normalized spacial score (nSPS) is 17.0. The van der Waals surface area contributed by atoms with Crippen molar-refractivity contribution in [2.45, 2.75) is 12.8 Å². The zero-order valence-corrected chi connectivity index (χ0v) is 13.2. The van der Waals surface area contributed by atoms with Crippen molar-refractivity contribution in [1.82, 2.24) is 10.6 Å². The molecule has 1 unspecified atom stereocenters. The van der Waals surface area contributed by atoms with E-state index in [1.54, 1.807) is 0 Å². The molecule has 1 aromatic rings. The highest BCUT2D eigenvalue weighted by molar-refractivity contribution is 5.85. The van der Waals surface area contributed by atoms with E-state index in [1.165, 1.54) is 6.07 Å². The van der Waals surface area contributed by atoms with Gasteiger partial charge in [-0.05, 0) is 37.9 Å². The fourth-order valence-electron chi connectivity index (χ4n) is 2.28. The number of ether oxygens (including phenoxy) is 1. The average Bonchev–Trinajstić information content (AvgIpc) is 2.51. The lowest BCUT2D eigenvalue weighted by Gasteiger charge is -2.22. The number of nitro groups is 1. The van der Waals surface area contributed by atoms with E-state index in [1.807, 2.05) is 0 Å². The Morgan fingerprint density at radius 3 is 2.91 bits per heavy atom. The minimum absolute atomic E-state index is 0. The third-order valence-electron chi connectivity index (χ3n) is 3.47. The molecule has 0 saturated carbocycles. The predicted molar refractivity (Wildman–Crippen MR) is 84.4 cm³/mol. The summed E-state index contributed by atoms with van der Waals surface area (Å²) in [7, 11) is 0. The van der Waals surface area contributed by atoms with Crippen molar-refractivity contribution in [3.8, 4) is 5.75 Å². The van der Waals surface area contributed by atoms with Crippen molar-refractivity contribution in [2.24, 2.45) is 5.92 Å². The number of carbonyl (C=O) groups excluding carboxylic acids is 1. The second kappa shape index (κ2) is 9.26. The number of halogens is 2. The van der Waals surface area contributed by atoms with Gasteiger partial charge < -0.3 is 15.4 Å². The van der Waals surface area contributed by atoms with Gasteiger partial charge in [-0.1, -0.05) is 0 Å². The Morgan fingerprint density at radius 2 is 2.30 bits per heavy atom. The standard InChI is InChI=1S/C14H18FN3O4.ClH/c15-12-6-11(3-4-13(12)18(20)21)22-9-14(19)17-8-10-2-1-5-16-7-10;/h3-4,6,10,16H,1-2,5,7-9H2,(H,17,19);1H. The van der Waals surface area contributed by atoms with Gasteiger partial charge in [0.05, 0.1) is 4.92 Å². The molecule has 9 heteroatoms. The number of nitrogens with one attached hydrogen (secondary N) is 2. The first-order valence-corrected chi connectivity index (χ1v) is 7.10. The van der Waals surface area contributed by atoms with E-state index in [9.17, 15) is 19.3 Å². The van der Waals surface area contributed by atoms with E-state index < -0.39 is 16.4 Å². The van der Waals surface area contributed by atoms with E-state index in [-0.39, 0.29) is 30.7 Å². The smallest absolute Gasteiger partial charge is 0.305 e. The van der Waals surface area contributed by atoms with Gasteiger partial charge in [0.15, 0.2) is 6.61 Å². The quantitative estimate of drug-likeness (QED) is 0.603. The van der Waals surface area contributed by atoms with E-state index in [2.05, 4.69) is 10.6 Å². The van der Waals surface area contributed by atoms with Gasteiger partial charge in [0.25, 0.3) is 5.91 Å². The molecular weight excluding hydrogens is 329 g/mol. The van der Waals surface area contributed by atoms with Crippen LogP contribution in [0.2, 0.25) is 0 Å². The maximum absolute atomic E-state index is 13.4. The zero-order valence-electron chi connectivity index (χ0n) is 12.4. The lowest BCUT2D eigenvalue weighted by Crippen LogP contribution is -2.39. The maximum Gasteiger partial charge on any atom is 0.305 e. The summed E-state index contributed by atoms with van der Waals surface area (Å²) in [5.74, 6) is -0.798. The van der Waals surface area contributed by atoms with Gasteiger partial charge in [0, 0.05) is 18.7 Å². The number of hydrogen-bond acceptors (Lipinski definition) is 5. The number of nitrogens with zero attached hydrogens (tertiary/aromatic N) is 1. The van der Waals surface area contributed by atoms with Crippen LogP contribution in [0.4, 0.5) is 10.1 Å². The summed E-state index contributed by atoms with van der Waals surface area (Å²) in [5.41, 5.74) is -0.624. The number of amides is 1. The van der Waals surface area contributed by atoms with Crippen LogP contribution in [-0.4, -0.2) is 37.1 Å². The molecule has 23 heavy (non-hydrogen) atoms. The van der Waals surface area contributed by atoms with E-state index >= 15 is 0 Å². The molecule has 1 amide bonds. The van der Waals surface area contributed by atoms with Crippen molar-refractivity contribution >= 4 is 24.0 Å². The Hall–Kier alpha value is -1.93. The first kappa shape index (κ1) is 19.1. The van der Waals surface area contributed by atoms with Gasteiger partial charge in [0.2, 0.25) is 5.82 Å². The third kappa shape index (κ3) is 5.99. The zero-order chi connectivity index (χ0) is 15.9. The first-order valence-electron chi connectivity index (χ1n) is 7.10. The van der Waals surface area contributed by atoms with E-state index in [0.717, 1.165) is 38.1 Å². The minimum atomic E-state index is -0.990. The molecule has 7 nitrogen and oxygen atoms in total. The van der Waals surface area contributed by atoms with Gasteiger partial charge in [-0.25, -0.2) is 0 Å². The van der Waals surface area contributed by atoms with Gasteiger partial charge in [-0.3, -0.25) is 14.9 Å². The van der Waals surface area contributed by atoms with Crippen molar-refractivity contribution in [3.63, 3.8) is 0 Å². The molecule has 1 saturated heterocycles.